The molecule has 0 saturated heterocycles. The van der Waals surface area contributed by atoms with Crippen molar-refractivity contribution in [2.24, 2.45) is 0 Å². The predicted molar refractivity (Wildman–Crippen MR) is 141 cm³/mol. The zero-order valence-electron chi connectivity index (χ0n) is 19.4. The Bertz CT molecular complexity index is 1400. The number of hydrogen-bond acceptors (Lipinski definition) is 6. The Kier molecular flexibility index (Phi) is 6.73. The molecule has 1 aliphatic rings. The highest BCUT2D eigenvalue weighted by Gasteiger charge is 2.40. The molecule has 178 valence electrons. The summed E-state index contributed by atoms with van der Waals surface area (Å²) in [6.07, 6.45) is 0. The summed E-state index contributed by atoms with van der Waals surface area (Å²) in [5.74, 6) is 1.19. The fourth-order valence-corrected chi connectivity index (χ4v) is 4.61. The third-order valence-corrected chi connectivity index (χ3v) is 6.53. The van der Waals surface area contributed by atoms with Crippen LogP contribution in [0.5, 0.6) is 17.2 Å². The molecule has 0 fully saturated rings. The first-order valence-electron chi connectivity index (χ1n) is 11.2. The zero-order valence-corrected chi connectivity index (χ0v) is 20.2. The highest BCUT2D eigenvalue weighted by molar-refractivity contribution is 8.04. The molecule has 6 nitrogen and oxygen atoms in total. The zero-order chi connectivity index (χ0) is 24.9. The fourth-order valence-electron chi connectivity index (χ4n) is 3.66. The van der Waals surface area contributed by atoms with Crippen molar-refractivity contribution in [2.45, 2.75) is 4.90 Å². The van der Waals surface area contributed by atoms with E-state index in [9.17, 15) is 9.59 Å². The number of ether oxygens (including phenoxy) is 2. The second-order valence-corrected chi connectivity index (χ2v) is 8.91. The molecular formula is C29H22N2O4S. The molecule has 0 atom stereocenters. The van der Waals surface area contributed by atoms with Crippen molar-refractivity contribution >= 4 is 35.0 Å². The van der Waals surface area contributed by atoms with E-state index in [1.54, 1.807) is 55.6 Å². The number of nitrogens with one attached hydrogen (secondary N) is 1. The van der Waals surface area contributed by atoms with Crippen molar-refractivity contribution in [1.29, 1.82) is 0 Å². The van der Waals surface area contributed by atoms with Gasteiger partial charge in [0, 0.05) is 10.6 Å². The number of anilines is 2. The number of para-hydroxylation sites is 1. The molecule has 4 aromatic carbocycles. The van der Waals surface area contributed by atoms with E-state index < -0.39 is 5.91 Å². The molecule has 7 heteroatoms. The number of hydrogen-bond donors (Lipinski definition) is 1. The van der Waals surface area contributed by atoms with Crippen molar-refractivity contribution < 1.29 is 19.1 Å². The maximum atomic E-state index is 13.5. The Morgan fingerprint density at radius 2 is 1.25 bits per heavy atom. The van der Waals surface area contributed by atoms with Gasteiger partial charge in [-0.1, -0.05) is 48.2 Å². The number of benzene rings is 4. The maximum Gasteiger partial charge on any atom is 0.283 e. The molecule has 0 aromatic heterocycles. The van der Waals surface area contributed by atoms with Gasteiger partial charge in [0.2, 0.25) is 0 Å². The van der Waals surface area contributed by atoms with Crippen LogP contribution in [-0.4, -0.2) is 18.9 Å². The maximum absolute atomic E-state index is 13.5. The molecule has 0 radical (unpaired) electrons. The average Bonchev–Trinajstić information content (AvgIpc) is 3.14. The smallest absolute Gasteiger partial charge is 0.283 e. The van der Waals surface area contributed by atoms with Crippen LogP contribution in [0.4, 0.5) is 11.4 Å². The first-order valence-corrected chi connectivity index (χ1v) is 12.0. The Hall–Kier alpha value is -4.49. The molecule has 1 N–H and O–H groups in total. The Balaban J connectivity index is 1.43. The topological polar surface area (TPSA) is 67.9 Å². The van der Waals surface area contributed by atoms with Gasteiger partial charge in [0.05, 0.1) is 12.8 Å². The number of methoxy groups -OCH3 is 1. The Morgan fingerprint density at radius 1 is 0.667 bits per heavy atom. The van der Waals surface area contributed by atoms with Gasteiger partial charge in [-0.25, -0.2) is 4.90 Å². The summed E-state index contributed by atoms with van der Waals surface area (Å²) >= 11 is 1.26. The minimum atomic E-state index is -0.425. The molecule has 4 aromatic rings. The Labute approximate surface area is 213 Å². The molecule has 1 aliphatic heterocycles. The minimum Gasteiger partial charge on any atom is -0.497 e. The average molecular weight is 495 g/mol. The van der Waals surface area contributed by atoms with Gasteiger partial charge >= 0.3 is 0 Å². The van der Waals surface area contributed by atoms with Gasteiger partial charge in [-0.2, -0.15) is 0 Å². The van der Waals surface area contributed by atoms with Gasteiger partial charge in [-0.05, 0) is 72.8 Å². The number of amides is 2. The molecule has 0 aliphatic carbocycles. The highest BCUT2D eigenvalue weighted by Crippen LogP contribution is 2.38. The van der Waals surface area contributed by atoms with E-state index in [2.05, 4.69) is 5.32 Å². The molecule has 36 heavy (non-hydrogen) atoms. The van der Waals surface area contributed by atoms with E-state index >= 15 is 0 Å². The van der Waals surface area contributed by atoms with Crippen molar-refractivity contribution in [1.82, 2.24) is 0 Å². The molecule has 2 amide bonds. The van der Waals surface area contributed by atoms with Crippen LogP contribution in [0.2, 0.25) is 0 Å². The van der Waals surface area contributed by atoms with E-state index in [0.29, 0.717) is 33.5 Å². The molecule has 0 saturated carbocycles. The van der Waals surface area contributed by atoms with Crippen molar-refractivity contribution in [3.05, 3.63) is 120 Å². The van der Waals surface area contributed by atoms with Crippen LogP contribution in [0.15, 0.2) is 125 Å². The van der Waals surface area contributed by atoms with Gasteiger partial charge in [-0.15, -0.1) is 0 Å². The summed E-state index contributed by atoms with van der Waals surface area (Å²) < 4.78 is 11.1. The third-order valence-electron chi connectivity index (χ3n) is 5.44. The third kappa shape index (κ3) is 4.96. The summed E-state index contributed by atoms with van der Waals surface area (Å²) in [6, 6.07) is 33.0. The van der Waals surface area contributed by atoms with E-state index in [1.165, 1.54) is 16.7 Å². The fraction of sp³-hybridized carbons (Fsp3) is 0.0345. The normalized spacial score (nSPS) is 13.2. The van der Waals surface area contributed by atoms with Gasteiger partial charge < -0.3 is 14.8 Å². The van der Waals surface area contributed by atoms with Crippen molar-refractivity contribution in [2.75, 3.05) is 17.3 Å². The lowest BCUT2D eigenvalue weighted by molar-refractivity contribution is -0.120. The summed E-state index contributed by atoms with van der Waals surface area (Å²) in [4.78, 5) is 29.4. The van der Waals surface area contributed by atoms with Gasteiger partial charge in [0.1, 0.15) is 27.9 Å². The number of carbonyl (C=O) groups is 2. The minimum absolute atomic E-state index is 0.226. The molecule has 1 heterocycles. The first kappa shape index (κ1) is 23.3. The summed E-state index contributed by atoms with van der Waals surface area (Å²) in [5, 5.41) is 3.15. The monoisotopic (exact) mass is 494 g/mol. The predicted octanol–water partition coefficient (Wildman–Crippen LogP) is 6.48. The van der Waals surface area contributed by atoms with E-state index in [0.717, 1.165) is 4.90 Å². The standard InChI is InChI=1S/C29H22N2O4S/c1-34-22-16-12-20(13-17-22)30-26-27(36-25-10-6-3-7-11-25)29(33)31(28(26)32)21-14-18-24(19-15-21)35-23-8-4-2-5-9-23/h2-19,30H,1H3. The highest BCUT2D eigenvalue weighted by atomic mass is 32.2. The number of nitrogens with zero attached hydrogens (tertiary/aromatic N) is 1. The van der Waals surface area contributed by atoms with Crippen LogP contribution in [0.3, 0.4) is 0 Å². The van der Waals surface area contributed by atoms with Crippen LogP contribution in [0.25, 0.3) is 0 Å². The second-order valence-electron chi connectivity index (χ2n) is 7.83. The van der Waals surface area contributed by atoms with Crippen molar-refractivity contribution in [3.63, 3.8) is 0 Å². The number of imide groups is 1. The van der Waals surface area contributed by atoms with Gasteiger partial charge in [0.15, 0.2) is 0 Å². The molecule has 0 spiro atoms. The lowest BCUT2D eigenvalue weighted by Crippen LogP contribution is -2.32. The van der Waals surface area contributed by atoms with Crippen LogP contribution in [-0.2, 0) is 9.59 Å². The first-order chi connectivity index (χ1) is 17.6. The number of thioether (sulfide) groups is 1. The largest absolute Gasteiger partial charge is 0.497 e. The van der Waals surface area contributed by atoms with E-state index in [4.69, 9.17) is 9.47 Å². The van der Waals surface area contributed by atoms with Crippen LogP contribution < -0.4 is 19.7 Å². The van der Waals surface area contributed by atoms with E-state index in [-0.39, 0.29) is 11.6 Å². The summed E-state index contributed by atoms with van der Waals surface area (Å²) in [5.41, 5.74) is 1.36. The lowest BCUT2D eigenvalue weighted by Gasteiger charge is -2.16. The number of rotatable bonds is 8. The Morgan fingerprint density at radius 3 is 1.89 bits per heavy atom. The van der Waals surface area contributed by atoms with Crippen LogP contribution in [0, 0.1) is 0 Å². The SMILES string of the molecule is COc1ccc(NC2=C(Sc3ccccc3)C(=O)N(c3ccc(Oc4ccccc4)cc3)C2=O)cc1. The van der Waals surface area contributed by atoms with Gasteiger partial charge in [0.25, 0.3) is 11.8 Å². The molecular weight excluding hydrogens is 472 g/mol. The summed E-state index contributed by atoms with van der Waals surface area (Å²) in [7, 11) is 1.59. The molecule has 5 rings (SSSR count). The molecule has 0 unspecified atom stereocenters. The van der Waals surface area contributed by atoms with E-state index in [1.807, 2.05) is 60.7 Å². The summed E-state index contributed by atoms with van der Waals surface area (Å²) in [6.45, 7) is 0. The number of carbonyl (C=O) groups excluding carboxylic acids is 2. The van der Waals surface area contributed by atoms with Crippen LogP contribution in [0.1, 0.15) is 0 Å². The van der Waals surface area contributed by atoms with Crippen LogP contribution >= 0.6 is 11.8 Å². The lowest BCUT2D eigenvalue weighted by atomic mass is 10.2. The second kappa shape index (κ2) is 10.4. The molecule has 0 bridgehead atoms. The quantitative estimate of drug-likeness (QED) is 0.283. The van der Waals surface area contributed by atoms with Crippen molar-refractivity contribution in [3.8, 4) is 17.2 Å². The van der Waals surface area contributed by atoms with Gasteiger partial charge in [-0.3, -0.25) is 9.59 Å².